The van der Waals surface area contributed by atoms with Gasteiger partial charge in [-0.05, 0) is 42.8 Å². The van der Waals surface area contributed by atoms with E-state index in [0.29, 0.717) is 5.69 Å². The number of nitrogen functional groups attached to an aromatic ring is 1. The third kappa shape index (κ3) is 3.86. The number of carbonyl (C=O) groups excluding carboxylic acids is 1. The minimum Gasteiger partial charge on any atom is -0.399 e. The summed E-state index contributed by atoms with van der Waals surface area (Å²) in [7, 11) is 0. The lowest BCUT2D eigenvalue weighted by molar-refractivity contribution is 0.251. The second-order valence-corrected chi connectivity index (χ2v) is 4.52. The number of carbonyl (C=O) groups is 1. The van der Waals surface area contributed by atoms with E-state index >= 15 is 0 Å². The van der Waals surface area contributed by atoms with Crippen molar-refractivity contribution in [2.24, 2.45) is 0 Å². The minimum atomic E-state index is -0.212. The molecule has 0 aliphatic rings. The molecule has 4 heteroatoms. The fraction of sp³-hybridized carbons (Fsp3) is 0.118. The van der Waals surface area contributed by atoms with E-state index in [-0.39, 0.29) is 6.03 Å². The maximum absolute atomic E-state index is 12.4. The van der Waals surface area contributed by atoms with E-state index in [0.717, 1.165) is 17.8 Å². The normalized spacial score (nSPS) is 10.5. The molecule has 0 saturated heterocycles. The second kappa shape index (κ2) is 7.14. The fourth-order valence-electron chi connectivity index (χ4n) is 1.90. The molecule has 4 nitrogen and oxygen atoms in total. The Morgan fingerprint density at radius 3 is 2.33 bits per heavy atom. The predicted molar refractivity (Wildman–Crippen MR) is 87.4 cm³/mol. The molecule has 0 radical (unpaired) electrons. The number of nitrogens with zero attached hydrogens (tertiary/aromatic N) is 1. The maximum atomic E-state index is 12.4. The van der Waals surface area contributed by atoms with Crippen molar-refractivity contribution in [2.45, 2.75) is 13.3 Å². The van der Waals surface area contributed by atoms with Crippen molar-refractivity contribution in [3.8, 4) is 0 Å². The maximum Gasteiger partial charge on any atom is 0.330 e. The molecule has 0 fully saturated rings. The van der Waals surface area contributed by atoms with Crippen LogP contribution in [0.2, 0.25) is 0 Å². The molecule has 0 spiro atoms. The van der Waals surface area contributed by atoms with Gasteiger partial charge in [0.2, 0.25) is 0 Å². The van der Waals surface area contributed by atoms with Crippen LogP contribution in [-0.2, 0) is 0 Å². The van der Waals surface area contributed by atoms with Gasteiger partial charge in [0.15, 0.2) is 0 Å². The van der Waals surface area contributed by atoms with Crippen LogP contribution in [-0.4, -0.2) is 6.03 Å². The van der Waals surface area contributed by atoms with Crippen LogP contribution in [0.1, 0.15) is 13.3 Å². The molecule has 0 heterocycles. The van der Waals surface area contributed by atoms with Crippen LogP contribution < -0.4 is 16.0 Å². The van der Waals surface area contributed by atoms with Crippen molar-refractivity contribution in [1.29, 1.82) is 0 Å². The summed E-state index contributed by atoms with van der Waals surface area (Å²) in [6.45, 7) is 2.01. The number of benzene rings is 2. The third-order valence-corrected chi connectivity index (χ3v) is 2.93. The lowest BCUT2D eigenvalue weighted by Crippen LogP contribution is -2.33. The van der Waals surface area contributed by atoms with Crippen LogP contribution in [0.25, 0.3) is 0 Å². The van der Waals surface area contributed by atoms with Gasteiger partial charge in [0.1, 0.15) is 0 Å². The van der Waals surface area contributed by atoms with E-state index in [1.165, 1.54) is 0 Å². The van der Waals surface area contributed by atoms with Crippen LogP contribution in [0.5, 0.6) is 0 Å². The van der Waals surface area contributed by atoms with E-state index in [9.17, 15) is 4.79 Å². The van der Waals surface area contributed by atoms with Crippen molar-refractivity contribution in [3.63, 3.8) is 0 Å². The van der Waals surface area contributed by atoms with Crippen LogP contribution in [0.3, 0.4) is 0 Å². The Kier molecular flexibility index (Phi) is 4.99. The summed E-state index contributed by atoms with van der Waals surface area (Å²) in [4.78, 5) is 14.0. The molecule has 0 unspecified atom stereocenters. The van der Waals surface area contributed by atoms with Gasteiger partial charge in [-0.25, -0.2) is 4.79 Å². The number of allylic oxidation sites excluding steroid dienone is 1. The second-order valence-electron chi connectivity index (χ2n) is 4.52. The minimum absolute atomic E-state index is 0.212. The van der Waals surface area contributed by atoms with Crippen LogP contribution >= 0.6 is 0 Å². The van der Waals surface area contributed by atoms with Crippen molar-refractivity contribution in [3.05, 3.63) is 66.9 Å². The van der Waals surface area contributed by atoms with Gasteiger partial charge in [-0.3, -0.25) is 4.90 Å². The zero-order chi connectivity index (χ0) is 15.1. The van der Waals surface area contributed by atoms with E-state index in [1.807, 2.05) is 55.5 Å². The summed E-state index contributed by atoms with van der Waals surface area (Å²) in [5, 5.41) is 2.77. The van der Waals surface area contributed by atoms with Crippen LogP contribution in [0.15, 0.2) is 66.9 Å². The molecule has 0 atom stereocenters. The number of para-hydroxylation sites is 1. The lowest BCUT2D eigenvalue weighted by Gasteiger charge is -2.22. The van der Waals surface area contributed by atoms with Gasteiger partial charge >= 0.3 is 6.03 Å². The highest BCUT2D eigenvalue weighted by Crippen LogP contribution is 2.26. The van der Waals surface area contributed by atoms with Crippen molar-refractivity contribution < 1.29 is 4.79 Å². The van der Waals surface area contributed by atoms with Gasteiger partial charge in [-0.1, -0.05) is 31.2 Å². The molecule has 0 aromatic heterocycles. The number of nitrogens with two attached hydrogens (primary N) is 1. The van der Waals surface area contributed by atoms with Crippen molar-refractivity contribution >= 4 is 23.1 Å². The number of hydrogen-bond donors (Lipinski definition) is 2. The number of nitrogens with one attached hydrogen (secondary N) is 1. The summed E-state index contributed by atoms with van der Waals surface area (Å²) in [5.74, 6) is 0. The summed E-state index contributed by atoms with van der Waals surface area (Å²) < 4.78 is 0. The van der Waals surface area contributed by atoms with Crippen molar-refractivity contribution in [1.82, 2.24) is 5.32 Å². The first-order valence-corrected chi connectivity index (χ1v) is 6.88. The largest absolute Gasteiger partial charge is 0.399 e. The van der Waals surface area contributed by atoms with Gasteiger partial charge in [0.05, 0.1) is 11.4 Å². The highest BCUT2D eigenvalue weighted by atomic mass is 16.2. The Morgan fingerprint density at radius 1 is 1.10 bits per heavy atom. The molecule has 2 rings (SSSR count). The Labute approximate surface area is 124 Å². The van der Waals surface area contributed by atoms with Crippen LogP contribution in [0, 0.1) is 0 Å². The van der Waals surface area contributed by atoms with Gasteiger partial charge in [0.25, 0.3) is 0 Å². The summed E-state index contributed by atoms with van der Waals surface area (Å²) in [5.41, 5.74) is 7.93. The monoisotopic (exact) mass is 281 g/mol. The summed E-state index contributed by atoms with van der Waals surface area (Å²) in [6, 6.07) is 16.5. The van der Waals surface area contributed by atoms with Gasteiger partial charge in [-0.2, -0.15) is 0 Å². The van der Waals surface area contributed by atoms with E-state index < -0.39 is 0 Å². The highest BCUT2D eigenvalue weighted by Gasteiger charge is 2.16. The molecule has 0 aliphatic heterocycles. The number of rotatable bonds is 4. The third-order valence-electron chi connectivity index (χ3n) is 2.93. The topological polar surface area (TPSA) is 58.4 Å². The Morgan fingerprint density at radius 2 is 1.71 bits per heavy atom. The lowest BCUT2D eigenvalue weighted by atomic mass is 10.2. The van der Waals surface area contributed by atoms with E-state index in [2.05, 4.69) is 5.32 Å². The zero-order valence-electron chi connectivity index (χ0n) is 12.0. The van der Waals surface area contributed by atoms with E-state index in [4.69, 9.17) is 5.73 Å². The van der Waals surface area contributed by atoms with E-state index in [1.54, 1.807) is 23.2 Å². The first-order valence-electron chi connectivity index (χ1n) is 6.88. The predicted octanol–water partition coefficient (Wildman–Crippen LogP) is 4.04. The summed E-state index contributed by atoms with van der Waals surface area (Å²) in [6.07, 6.45) is 4.42. The molecular formula is C17H19N3O. The SMILES string of the molecule is CC/C=C/NC(=O)N(c1ccccc1)c1ccc(N)cc1. The highest BCUT2D eigenvalue weighted by molar-refractivity contribution is 5.99. The Balaban J connectivity index is 2.33. The average molecular weight is 281 g/mol. The Bertz CT molecular complexity index is 606. The average Bonchev–Trinajstić information content (AvgIpc) is 2.51. The molecule has 21 heavy (non-hydrogen) atoms. The number of urea groups is 1. The molecule has 2 amide bonds. The van der Waals surface area contributed by atoms with Gasteiger partial charge < -0.3 is 11.1 Å². The Hall–Kier alpha value is -2.75. The van der Waals surface area contributed by atoms with Crippen molar-refractivity contribution in [2.75, 3.05) is 10.6 Å². The molecule has 0 bridgehead atoms. The molecule has 108 valence electrons. The molecule has 2 aromatic carbocycles. The molecule has 2 aromatic rings. The molecule has 0 aliphatic carbocycles. The number of hydrogen-bond acceptors (Lipinski definition) is 2. The molecule has 0 saturated carbocycles. The number of anilines is 3. The molecule has 3 N–H and O–H groups in total. The fourth-order valence-corrected chi connectivity index (χ4v) is 1.90. The smallest absolute Gasteiger partial charge is 0.330 e. The summed E-state index contributed by atoms with van der Waals surface area (Å²) >= 11 is 0. The first-order chi connectivity index (χ1) is 10.2. The van der Waals surface area contributed by atoms with Crippen LogP contribution in [0.4, 0.5) is 21.9 Å². The quantitative estimate of drug-likeness (QED) is 0.831. The zero-order valence-corrected chi connectivity index (χ0v) is 12.0. The van der Waals surface area contributed by atoms with Gasteiger partial charge in [-0.15, -0.1) is 0 Å². The first kappa shape index (κ1) is 14.7. The molecular weight excluding hydrogens is 262 g/mol. The standard InChI is InChI=1S/C17H19N3O/c1-2-3-13-19-17(21)20(15-7-5-4-6-8-15)16-11-9-14(18)10-12-16/h3-13H,2,18H2,1H3,(H,19,21)/b13-3+. The number of amides is 2. The van der Waals surface area contributed by atoms with Gasteiger partial charge in [0, 0.05) is 11.9 Å².